The number of carbonyl (C=O) groups excluding carboxylic acids is 1. The van der Waals surface area contributed by atoms with Crippen molar-refractivity contribution in [3.8, 4) is 0 Å². The van der Waals surface area contributed by atoms with Crippen LogP contribution in [0, 0.1) is 4.77 Å². The molecule has 0 saturated heterocycles. The first-order valence-corrected chi connectivity index (χ1v) is 8.11. The number of aromatic nitrogens is 3. The molecule has 1 atom stereocenters. The number of H-pyrrole nitrogens is 1. The minimum absolute atomic E-state index is 0.0538. The summed E-state index contributed by atoms with van der Waals surface area (Å²) in [5, 5.41) is 9.96. The summed E-state index contributed by atoms with van der Waals surface area (Å²) in [6.07, 6.45) is 3.03. The second kappa shape index (κ2) is 6.44. The molecule has 0 saturated carbocycles. The highest BCUT2D eigenvalue weighted by molar-refractivity contribution is 7.71. The Kier molecular flexibility index (Phi) is 4.38. The molecular formula is C16H20N4OS. The van der Waals surface area contributed by atoms with Crippen LogP contribution in [0.25, 0.3) is 0 Å². The van der Waals surface area contributed by atoms with Crippen LogP contribution in [0.1, 0.15) is 42.6 Å². The molecule has 1 aliphatic rings. The summed E-state index contributed by atoms with van der Waals surface area (Å²) in [6.45, 7) is 3.15. The van der Waals surface area contributed by atoms with Gasteiger partial charge in [-0.2, -0.15) is 5.10 Å². The number of hydrogen-bond donors (Lipinski definition) is 2. The van der Waals surface area contributed by atoms with Crippen molar-refractivity contribution in [2.75, 3.05) is 0 Å². The van der Waals surface area contributed by atoms with Gasteiger partial charge in [-0.05, 0) is 49.5 Å². The SMILES string of the molecule is CCn1c(CNC(=O)[C@@H]2CCCc3ccccc32)n[nH]c1=S. The zero-order chi connectivity index (χ0) is 15.5. The Morgan fingerprint density at radius 2 is 2.32 bits per heavy atom. The van der Waals surface area contributed by atoms with Gasteiger partial charge in [-0.3, -0.25) is 9.89 Å². The number of aromatic amines is 1. The zero-order valence-electron chi connectivity index (χ0n) is 12.6. The van der Waals surface area contributed by atoms with Crippen LogP contribution in [0.5, 0.6) is 0 Å². The second-order valence-corrected chi connectivity index (χ2v) is 5.94. The van der Waals surface area contributed by atoms with E-state index in [9.17, 15) is 4.79 Å². The Bertz CT molecular complexity index is 734. The molecule has 5 nitrogen and oxygen atoms in total. The number of carbonyl (C=O) groups is 1. The van der Waals surface area contributed by atoms with E-state index in [4.69, 9.17) is 12.2 Å². The van der Waals surface area contributed by atoms with Crippen molar-refractivity contribution >= 4 is 18.1 Å². The lowest BCUT2D eigenvalue weighted by Crippen LogP contribution is -2.31. The van der Waals surface area contributed by atoms with Gasteiger partial charge in [0, 0.05) is 6.54 Å². The predicted octanol–water partition coefficient (Wildman–Crippen LogP) is 2.70. The van der Waals surface area contributed by atoms with Crippen LogP contribution in [0.2, 0.25) is 0 Å². The van der Waals surface area contributed by atoms with E-state index >= 15 is 0 Å². The van der Waals surface area contributed by atoms with Gasteiger partial charge in [0.25, 0.3) is 0 Å². The van der Waals surface area contributed by atoms with Crippen LogP contribution in [-0.4, -0.2) is 20.7 Å². The highest BCUT2D eigenvalue weighted by Gasteiger charge is 2.26. The number of aryl methyl sites for hydroxylation is 1. The van der Waals surface area contributed by atoms with E-state index in [2.05, 4.69) is 27.6 Å². The summed E-state index contributed by atoms with van der Waals surface area (Å²) >= 11 is 5.16. The van der Waals surface area contributed by atoms with Gasteiger partial charge in [0.05, 0.1) is 12.5 Å². The minimum Gasteiger partial charge on any atom is -0.348 e. The number of rotatable bonds is 4. The van der Waals surface area contributed by atoms with Gasteiger partial charge in [0.1, 0.15) is 0 Å². The van der Waals surface area contributed by atoms with Crippen LogP contribution in [-0.2, 0) is 24.3 Å². The fourth-order valence-electron chi connectivity index (χ4n) is 3.13. The molecule has 1 aromatic carbocycles. The van der Waals surface area contributed by atoms with Crippen LogP contribution in [0.4, 0.5) is 0 Å². The van der Waals surface area contributed by atoms with E-state index in [-0.39, 0.29) is 11.8 Å². The van der Waals surface area contributed by atoms with Gasteiger partial charge in [-0.1, -0.05) is 24.3 Å². The Labute approximate surface area is 134 Å². The molecule has 2 N–H and O–H groups in total. The lowest BCUT2D eigenvalue weighted by atomic mass is 9.82. The molecule has 1 aliphatic carbocycles. The average Bonchev–Trinajstić information content (AvgIpc) is 2.92. The highest BCUT2D eigenvalue weighted by atomic mass is 32.1. The summed E-state index contributed by atoms with van der Waals surface area (Å²) < 4.78 is 2.49. The van der Waals surface area contributed by atoms with Crippen molar-refractivity contribution in [2.24, 2.45) is 0 Å². The summed E-state index contributed by atoms with van der Waals surface area (Å²) in [7, 11) is 0. The largest absolute Gasteiger partial charge is 0.348 e. The van der Waals surface area contributed by atoms with Gasteiger partial charge in [-0.15, -0.1) is 0 Å². The van der Waals surface area contributed by atoms with E-state index in [1.807, 2.05) is 23.6 Å². The van der Waals surface area contributed by atoms with Gasteiger partial charge < -0.3 is 9.88 Å². The lowest BCUT2D eigenvalue weighted by molar-refractivity contribution is -0.123. The van der Waals surface area contributed by atoms with E-state index < -0.39 is 0 Å². The van der Waals surface area contributed by atoms with Crippen molar-refractivity contribution in [1.82, 2.24) is 20.1 Å². The molecule has 3 rings (SSSR count). The van der Waals surface area contributed by atoms with Gasteiger partial charge >= 0.3 is 0 Å². The summed E-state index contributed by atoms with van der Waals surface area (Å²) in [4.78, 5) is 12.6. The van der Waals surface area contributed by atoms with E-state index in [1.165, 1.54) is 11.1 Å². The molecule has 0 unspecified atom stereocenters. The fourth-order valence-corrected chi connectivity index (χ4v) is 3.41. The number of nitrogens with one attached hydrogen (secondary N) is 2. The maximum Gasteiger partial charge on any atom is 0.227 e. The first-order chi connectivity index (χ1) is 10.7. The Hall–Kier alpha value is -1.95. The number of hydrogen-bond acceptors (Lipinski definition) is 3. The number of nitrogens with zero attached hydrogens (tertiary/aromatic N) is 2. The minimum atomic E-state index is -0.0538. The summed E-state index contributed by atoms with van der Waals surface area (Å²) in [5.41, 5.74) is 2.46. The fraction of sp³-hybridized carbons (Fsp3) is 0.438. The van der Waals surface area contributed by atoms with Gasteiger partial charge in [0.15, 0.2) is 10.6 Å². The molecule has 116 valence electrons. The molecule has 0 fully saturated rings. The Balaban J connectivity index is 1.72. The highest BCUT2D eigenvalue weighted by Crippen LogP contribution is 2.31. The monoisotopic (exact) mass is 316 g/mol. The maximum absolute atomic E-state index is 12.6. The molecule has 0 bridgehead atoms. The third kappa shape index (κ3) is 2.83. The molecule has 2 aromatic rings. The predicted molar refractivity (Wildman–Crippen MR) is 87.1 cm³/mol. The normalized spacial score (nSPS) is 17.0. The molecule has 22 heavy (non-hydrogen) atoms. The molecule has 0 aliphatic heterocycles. The maximum atomic E-state index is 12.6. The van der Waals surface area contributed by atoms with Crippen LogP contribution < -0.4 is 5.32 Å². The van der Waals surface area contributed by atoms with E-state index in [0.29, 0.717) is 11.3 Å². The molecule has 1 aromatic heterocycles. The quantitative estimate of drug-likeness (QED) is 0.853. The molecule has 0 radical (unpaired) electrons. The van der Waals surface area contributed by atoms with Crippen molar-refractivity contribution in [2.45, 2.75) is 45.2 Å². The van der Waals surface area contributed by atoms with Gasteiger partial charge in [0.2, 0.25) is 5.91 Å². The molecule has 1 heterocycles. The van der Waals surface area contributed by atoms with Crippen molar-refractivity contribution in [1.29, 1.82) is 0 Å². The molecule has 1 amide bonds. The molecule has 6 heteroatoms. The van der Waals surface area contributed by atoms with Crippen LogP contribution >= 0.6 is 12.2 Å². The van der Waals surface area contributed by atoms with E-state index in [0.717, 1.165) is 31.6 Å². The summed E-state index contributed by atoms with van der Waals surface area (Å²) in [6, 6.07) is 8.24. The Morgan fingerprint density at radius 3 is 3.14 bits per heavy atom. The number of fused-ring (bicyclic) bond motifs is 1. The second-order valence-electron chi connectivity index (χ2n) is 5.55. The van der Waals surface area contributed by atoms with Crippen molar-refractivity contribution < 1.29 is 4.79 Å². The third-order valence-corrected chi connectivity index (χ3v) is 4.57. The molecular weight excluding hydrogens is 296 g/mol. The first kappa shape index (κ1) is 15.0. The first-order valence-electron chi connectivity index (χ1n) is 7.70. The van der Waals surface area contributed by atoms with Crippen molar-refractivity contribution in [3.05, 3.63) is 46.0 Å². The third-order valence-electron chi connectivity index (χ3n) is 4.26. The number of amides is 1. The summed E-state index contributed by atoms with van der Waals surface area (Å²) in [5.74, 6) is 0.788. The average molecular weight is 316 g/mol. The topological polar surface area (TPSA) is 62.7 Å². The van der Waals surface area contributed by atoms with Gasteiger partial charge in [-0.25, -0.2) is 0 Å². The standard InChI is InChI=1S/C16H20N4OS/c1-2-20-14(18-19-16(20)22)10-17-15(21)13-9-5-7-11-6-3-4-8-12(11)13/h3-4,6,8,13H,2,5,7,9-10H2,1H3,(H,17,21)(H,19,22)/t13-/m1/s1. The smallest absolute Gasteiger partial charge is 0.227 e. The molecule has 0 spiro atoms. The number of benzene rings is 1. The van der Waals surface area contributed by atoms with Crippen LogP contribution in [0.15, 0.2) is 24.3 Å². The van der Waals surface area contributed by atoms with E-state index in [1.54, 1.807) is 0 Å². The Morgan fingerprint density at radius 1 is 1.50 bits per heavy atom. The van der Waals surface area contributed by atoms with Crippen LogP contribution in [0.3, 0.4) is 0 Å². The zero-order valence-corrected chi connectivity index (χ0v) is 13.4. The lowest BCUT2D eigenvalue weighted by Gasteiger charge is -2.24. The van der Waals surface area contributed by atoms with Crippen molar-refractivity contribution in [3.63, 3.8) is 0 Å².